The molecule has 16 heteroatoms. The van der Waals surface area contributed by atoms with E-state index < -0.39 is 14.8 Å². The molecule has 0 bridgehead atoms. The molecular weight excluding hydrogens is 676 g/mol. The topological polar surface area (TPSA) is 213 Å². The van der Waals surface area contributed by atoms with Gasteiger partial charge in [0.25, 0.3) is 17.1 Å². The van der Waals surface area contributed by atoms with Crippen LogP contribution in [0.25, 0.3) is 0 Å². The van der Waals surface area contributed by atoms with E-state index in [2.05, 4.69) is 0 Å². The van der Waals surface area contributed by atoms with E-state index in [1.54, 1.807) is 30.3 Å². The summed E-state index contributed by atoms with van der Waals surface area (Å²) in [5.41, 5.74) is 9.86. The van der Waals surface area contributed by atoms with E-state index in [0.717, 1.165) is 35.6 Å². The van der Waals surface area contributed by atoms with Crippen LogP contribution in [0.5, 0.6) is 0 Å². The van der Waals surface area contributed by atoms with Crippen molar-refractivity contribution in [3.8, 4) is 0 Å². The Morgan fingerprint density at radius 3 is 1.40 bits per heavy atom. The number of ether oxygens (including phenoxy) is 4. The molecule has 0 spiro atoms. The fourth-order valence-electron chi connectivity index (χ4n) is 4.01. The smallest absolute Gasteiger partial charge is 0.269 e. The van der Waals surface area contributed by atoms with Gasteiger partial charge < -0.3 is 29.8 Å². The van der Waals surface area contributed by atoms with Crippen molar-refractivity contribution >= 4 is 34.4 Å². The quantitative estimate of drug-likeness (QED) is 0.0779. The standard InChI is InChI=1S/C10H11NO4.C10H13NO2.C7H6ClNO2.C7H7NO3/c12-11(13)9-3-1-2-8(4-9)5-15-10-6-14-7-10;11-9-3-1-2-8(4-9)5-13-10-6-12-7-10;8-5-6-2-1-3-7(4-6)9(10)11;9-5-6-2-1-3-7(4-6)8(10)11/h1-4,10H,5-7H2;1-4,10H,5-7,11H2;1-4H,5H2;1-4,9H,5H2. The van der Waals surface area contributed by atoms with Crippen LogP contribution in [0.1, 0.15) is 22.3 Å². The van der Waals surface area contributed by atoms with Crippen molar-refractivity contribution in [2.75, 3.05) is 32.2 Å². The molecule has 0 aromatic heterocycles. The van der Waals surface area contributed by atoms with Crippen LogP contribution in [0.3, 0.4) is 0 Å². The van der Waals surface area contributed by atoms with Gasteiger partial charge in [-0.25, -0.2) is 0 Å². The first-order chi connectivity index (χ1) is 24.1. The summed E-state index contributed by atoms with van der Waals surface area (Å²) in [5, 5.41) is 39.5. The van der Waals surface area contributed by atoms with Gasteiger partial charge in [0, 0.05) is 48.0 Å². The van der Waals surface area contributed by atoms with Gasteiger partial charge in [-0.3, -0.25) is 30.3 Å². The highest BCUT2D eigenvalue weighted by atomic mass is 35.5. The van der Waals surface area contributed by atoms with Gasteiger partial charge in [0.1, 0.15) is 12.2 Å². The van der Waals surface area contributed by atoms with Crippen molar-refractivity contribution in [3.05, 3.63) is 150 Å². The minimum Gasteiger partial charge on any atom is -0.399 e. The molecule has 2 heterocycles. The predicted molar refractivity (Wildman–Crippen MR) is 184 cm³/mol. The first kappa shape index (κ1) is 39.4. The fraction of sp³-hybridized carbons (Fsp3) is 0.294. The first-order valence-corrected chi connectivity index (χ1v) is 15.7. The maximum absolute atomic E-state index is 10.5. The Morgan fingerprint density at radius 2 is 1.02 bits per heavy atom. The Bertz CT molecular complexity index is 1630. The number of nitro benzene ring substituents is 3. The maximum Gasteiger partial charge on any atom is 0.269 e. The first-order valence-electron chi connectivity index (χ1n) is 15.2. The van der Waals surface area contributed by atoms with Gasteiger partial charge >= 0.3 is 0 Å². The van der Waals surface area contributed by atoms with E-state index in [4.69, 9.17) is 41.4 Å². The van der Waals surface area contributed by atoms with E-state index in [9.17, 15) is 30.3 Å². The van der Waals surface area contributed by atoms with Crippen LogP contribution < -0.4 is 5.73 Å². The number of rotatable bonds is 11. The Balaban J connectivity index is 0.000000182. The van der Waals surface area contributed by atoms with Crippen LogP contribution in [0.15, 0.2) is 97.1 Å². The van der Waals surface area contributed by atoms with E-state index in [1.807, 2.05) is 30.3 Å². The molecule has 4 aromatic carbocycles. The molecule has 0 atom stereocenters. The number of aliphatic hydroxyl groups excluding tert-OH is 1. The molecule has 266 valence electrons. The number of hydrogen-bond donors (Lipinski definition) is 2. The highest BCUT2D eigenvalue weighted by Crippen LogP contribution is 2.17. The summed E-state index contributed by atoms with van der Waals surface area (Å²) in [6.45, 7) is 3.55. The third-order valence-electron chi connectivity index (χ3n) is 6.84. The van der Waals surface area contributed by atoms with Crippen molar-refractivity contribution in [1.29, 1.82) is 0 Å². The largest absolute Gasteiger partial charge is 0.399 e. The molecule has 4 aromatic rings. The predicted octanol–water partition coefficient (Wildman–Crippen LogP) is 6.12. The number of non-ortho nitro benzene ring substituents is 3. The van der Waals surface area contributed by atoms with Gasteiger partial charge in [-0.2, -0.15) is 0 Å². The summed E-state index contributed by atoms with van der Waals surface area (Å²) in [4.78, 5) is 29.6. The van der Waals surface area contributed by atoms with E-state index in [1.165, 1.54) is 36.4 Å². The van der Waals surface area contributed by atoms with Gasteiger partial charge in [-0.1, -0.05) is 48.5 Å². The highest BCUT2D eigenvalue weighted by Gasteiger charge is 2.19. The number of nitrogen functional groups attached to an aromatic ring is 1. The lowest BCUT2D eigenvalue weighted by molar-refractivity contribution is -0.385. The van der Waals surface area contributed by atoms with Crippen LogP contribution >= 0.6 is 11.6 Å². The van der Waals surface area contributed by atoms with Gasteiger partial charge in [0.05, 0.1) is 61.0 Å². The van der Waals surface area contributed by atoms with Crippen molar-refractivity contribution in [2.24, 2.45) is 0 Å². The lowest BCUT2D eigenvalue weighted by Gasteiger charge is -2.25. The Kier molecular flexibility index (Phi) is 16.7. The second-order valence-corrected chi connectivity index (χ2v) is 11.0. The molecule has 15 nitrogen and oxygen atoms in total. The summed E-state index contributed by atoms with van der Waals surface area (Å²) >= 11 is 5.48. The number of aliphatic hydroxyl groups is 1. The summed E-state index contributed by atoms with van der Waals surface area (Å²) in [7, 11) is 0. The molecule has 2 aliphatic rings. The Morgan fingerprint density at radius 1 is 0.640 bits per heavy atom. The molecule has 2 aliphatic heterocycles. The molecule has 0 radical (unpaired) electrons. The van der Waals surface area contributed by atoms with Crippen molar-refractivity contribution in [1.82, 2.24) is 0 Å². The monoisotopic (exact) mass is 712 g/mol. The number of hydrogen-bond acceptors (Lipinski definition) is 12. The number of anilines is 1. The van der Waals surface area contributed by atoms with Crippen molar-refractivity contribution in [3.63, 3.8) is 0 Å². The number of halogens is 1. The second kappa shape index (κ2) is 21.1. The molecular formula is C34H37ClN4O11. The van der Waals surface area contributed by atoms with E-state index in [0.29, 0.717) is 37.9 Å². The normalized spacial score (nSPS) is 13.4. The van der Waals surface area contributed by atoms with Crippen molar-refractivity contribution in [2.45, 2.75) is 37.9 Å². The molecule has 2 fully saturated rings. The fourth-order valence-corrected chi connectivity index (χ4v) is 4.18. The summed E-state index contributed by atoms with van der Waals surface area (Å²) in [6, 6.07) is 26.4. The number of nitro groups is 3. The summed E-state index contributed by atoms with van der Waals surface area (Å²) in [5.74, 6) is 0.307. The van der Waals surface area contributed by atoms with Crippen LogP contribution in [0, 0.1) is 30.3 Å². The minimum atomic E-state index is -0.487. The molecule has 0 unspecified atom stereocenters. The van der Waals surface area contributed by atoms with E-state index >= 15 is 0 Å². The molecule has 6 rings (SSSR count). The number of alkyl halides is 1. The second-order valence-electron chi connectivity index (χ2n) is 10.8. The van der Waals surface area contributed by atoms with Crippen LogP contribution in [0.4, 0.5) is 22.7 Å². The molecule has 0 aliphatic carbocycles. The van der Waals surface area contributed by atoms with Crippen LogP contribution in [-0.4, -0.2) is 58.5 Å². The average molecular weight is 713 g/mol. The molecule has 0 saturated carbocycles. The minimum absolute atomic E-state index is 0.0107. The maximum atomic E-state index is 10.5. The Hall–Kier alpha value is -5.03. The van der Waals surface area contributed by atoms with Gasteiger partial charge in [-0.15, -0.1) is 11.6 Å². The van der Waals surface area contributed by atoms with Crippen molar-refractivity contribution < 1.29 is 38.8 Å². The van der Waals surface area contributed by atoms with Gasteiger partial charge in [-0.05, 0) is 34.4 Å². The Labute approximate surface area is 292 Å². The third kappa shape index (κ3) is 14.2. The van der Waals surface area contributed by atoms with Gasteiger partial charge in [0.2, 0.25) is 0 Å². The molecule has 3 N–H and O–H groups in total. The van der Waals surface area contributed by atoms with Gasteiger partial charge in [0.15, 0.2) is 0 Å². The summed E-state index contributed by atoms with van der Waals surface area (Å²) in [6.07, 6.45) is 0.422. The number of nitrogens with zero attached hydrogens (tertiary/aromatic N) is 3. The van der Waals surface area contributed by atoms with E-state index in [-0.39, 0.29) is 35.9 Å². The van der Waals surface area contributed by atoms with Crippen LogP contribution in [0.2, 0.25) is 0 Å². The molecule has 2 saturated heterocycles. The third-order valence-corrected chi connectivity index (χ3v) is 7.15. The lowest BCUT2D eigenvalue weighted by atomic mass is 10.2. The highest BCUT2D eigenvalue weighted by molar-refractivity contribution is 6.17. The summed E-state index contributed by atoms with van der Waals surface area (Å²) < 4.78 is 20.9. The zero-order valence-electron chi connectivity index (χ0n) is 26.9. The lowest BCUT2D eigenvalue weighted by Crippen LogP contribution is -2.35. The SMILES string of the molecule is Nc1cccc(COC2COC2)c1.O=[N+]([O-])c1cccc(CCl)c1.O=[N+]([O-])c1cccc(CO)c1.O=[N+]([O-])c1cccc(COC2COC2)c1. The average Bonchev–Trinajstić information content (AvgIpc) is 3.08. The molecule has 0 amide bonds. The zero-order valence-corrected chi connectivity index (χ0v) is 27.6. The van der Waals surface area contributed by atoms with Crippen LogP contribution in [-0.2, 0) is 44.6 Å². The number of benzene rings is 4. The number of nitrogens with two attached hydrogens (primary N) is 1. The molecule has 50 heavy (non-hydrogen) atoms. The zero-order chi connectivity index (χ0) is 36.3.